The van der Waals surface area contributed by atoms with Crippen molar-refractivity contribution >= 4 is 23.6 Å². The summed E-state index contributed by atoms with van der Waals surface area (Å²) in [4.78, 5) is 63.1. The molecule has 0 spiro atoms. The van der Waals surface area contributed by atoms with Gasteiger partial charge >= 0.3 is 12.5 Å². The van der Waals surface area contributed by atoms with Crippen LogP contribution in [0.2, 0.25) is 0 Å². The van der Waals surface area contributed by atoms with Gasteiger partial charge in [-0.15, -0.1) is 23.4 Å². The normalized spacial score (nSPS) is 13.6. The Morgan fingerprint density at radius 2 is 1.11 bits per heavy atom. The van der Waals surface area contributed by atoms with Crippen molar-refractivity contribution in [3.8, 4) is 51.3 Å². The highest BCUT2D eigenvalue weighted by Crippen LogP contribution is 2.36. The summed E-state index contributed by atoms with van der Waals surface area (Å²) in [6.07, 6.45) is -5.62. The minimum Gasteiger partial charge on any atom is -0.406 e. The van der Waals surface area contributed by atoms with Gasteiger partial charge in [-0.2, -0.15) is 13.2 Å². The van der Waals surface area contributed by atoms with Crippen molar-refractivity contribution in [2.24, 2.45) is 0 Å². The predicted molar refractivity (Wildman–Crippen MR) is 249 cm³/mol. The molecule has 0 saturated heterocycles. The maximum absolute atomic E-state index is 13.7. The quantitative estimate of drug-likeness (QED) is 0.0557. The Morgan fingerprint density at radius 1 is 0.514 bits per heavy atom. The molecule has 0 N–H and O–H groups in total. The fourth-order valence-electron chi connectivity index (χ4n) is 8.79. The molecule has 2 aliphatic rings. The highest BCUT2D eigenvalue weighted by atomic mass is 19.4. The van der Waals surface area contributed by atoms with E-state index in [1.807, 2.05) is 24.3 Å². The van der Waals surface area contributed by atoms with Crippen LogP contribution in [0, 0.1) is 0 Å². The van der Waals surface area contributed by atoms with Gasteiger partial charge in [-0.25, -0.2) is 19.3 Å². The van der Waals surface area contributed by atoms with Crippen LogP contribution < -0.4 is 4.74 Å². The minimum atomic E-state index is -5.09. The van der Waals surface area contributed by atoms with Crippen molar-refractivity contribution < 1.29 is 50.3 Å². The smallest absolute Gasteiger partial charge is 0.406 e. The molecule has 0 bridgehead atoms. The van der Waals surface area contributed by atoms with Crippen LogP contribution in [0.25, 0.3) is 45.5 Å². The van der Waals surface area contributed by atoms with Gasteiger partial charge in [0.25, 0.3) is 23.6 Å². The highest BCUT2D eigenvalue weighted by Gasteiger charge is 2.36. The fraction of sp³-hybridized carbons (Fsp3) is 0.170. The second kappa shape index (κ2) is 18.9. The molecule has 4 amide bonds. The number of unbranched alkanes of at least 4 members (excludes halogenated alkanes) is 1. The molecule has 4 heterocycles. The molecule has 13 nitrogen and oxygen atoms in total. The van der Waals surface area contributed by atoms with Crippen LogP contribution in [-0.4, -0.2) is 82.4 Å². The van der Waals surface area contributed by atoms with Crippen LogP contribution in [0.3, 0.4) is 0 Å². The molecule has 0 radical (unpaired) electrons. The standard InChI is InChI=1S/C53H38F6N8O5/c54-52(55,56)36-21-23-37(24-22-36)67-47(61-46(63-67)34-19-17-32(18-20-34)9-5-6-27-64-48(68)39-13-1-2-14-40(39)49(64)69)43-30-38(72-53(57,58)59)25-26-44(43)66-31-60-45(62-66)35-12-7-10-33(29-35)11-8-28-65-50(70)41-15-3-4-16-42(41)51(65)71/h1-4,7,10,12-26,29-31H,5-6,8-9,11,27-28H2. The molecule has 2 aromatic heterocycles. The van der Waals surface area contributed by atoms with Gasteiger partial charge in [0.05, 0.1) is 39.2 Å². The summed E-state index contributed by atoms with van der Waals surface area (Å²) in [7, 11) is 0. The Morgan fingerprint density at radius 3 is 1.71 bits per heavy atom. The van der Waals surface area contributed by atoms with E-state index in [1.54, 1.807) is 72.8 Å². The van der Waals surface area contributed by atoms with E-state index in [4.69, 9.17) is 4.98 Å². The second-order valence-corrected chi connectivity index (χ2v) is 17.0. The second-order valence-electron chi connectivity index (χ2n) is 17.0. The summed E-state index contributed by atoms with van der Waals surface area (Å²) in [5, 5.41) is 9.36. The number of amides is 4. The van der Waals surface area contributed by atoms with E-state index in [0.717, 1.165) is 35.4 Å². The van der Waals surface area contributed by atoms with E-state index in [1.165, 1.54) is 43.7 Å². The molecule has 2 aliphatic heterocycles. The number of rotatable bonds is 15. The van der Waals surface area contributed by atoms with Gasteiger partial charge in [0, 0.05) is 29.8 Å². The molecule has 10 rings (SSSR count). The van der Waals surface area contributed by atoms with Crippen molar-refractivity contribution in [1.82, 2.24) is 39.3 Å². The monoisotopic (exact) mass is 980 g/mol. The van der Waals surface area contributed by atoms with Crippen LogP contribution in [-0.2, 0) is 19.0 Å². The van der Waals surface area contributed by atoms with Gasteiger partial charge in [0.1, 0.15) is 12.1 Å². The molecule has 0 aliphatic carbocycles. The first-order chi connectivity index (χ1) is 34.6. The number of carbonyl (C=O) groups excluding carboxylic acids is 4. The van der Waals surface area contributed by atoms with E-state index in [0.29, 0.717) is 65.5 Å². The summed E-state index contributed by atoms with van der Waals surface area (Å²) in [6, 6.07) is 35.3. The number of hydrogen-bond acceptors (Lipinski definition) is 9. The van der Waals surface area contributed by atoms with E-state index in [2.05, 4.69) is 19.9 Å². The maximum Gasteiger partial charge on any atom is 0.573 e. The van der Waals surface area contributed by atoms with Crippen LogP contribution in [0.1, 0.15) is 77.4 Å². The van der Waals surface area contributed by atoms with Gasteiger partial charge in [-0.1, -0.05) is 66.7 Å². The molecule has 6 aromatic carbocycles. The number of aromatic nitrogens is 6. The SMILES string of the molecule is O=C1c2ccccc2C(=O)N1CCCCc1ccc(-c2nc(-c3cc(OC(F)(F)F)ccc3-n3cnc(-c4cccc(CCCN5C(=O)c6ccccc6C5=O)c4)n3)n(-c3ccc(C(F)(F)F)cc3)n2)cc1. The first-order valence-corrected chi connectivity index (χ1v) is 22.7. The van der Waals surface area contributed by atoms with Crippen LogP contribution in [0.4, 0.5) is 26.3 Å². The third-order valence-corrected chi connectivity index (χ3v) is 12.3. The maximum atomic E-state index is 13.7. The number of nitrogens with zero attached hydrogens (tertiary/aromatic N) is 8. The van der Waals surface area contributed by atoms with Crippen molar-refractivity contribution in [3.05, 3.63) is 185 Å². The Balaban J connectivity index is 0.922. The number of ether oxygens (including phenoxy) is 1. The average molecular weight is 981 g/mol. The Bertz CT molecular complexity index is 3330. The number of carbonyl (C=O) groups is 4. The molecule has 0 saturated carbocycles. The Kier molecular flexibility index (Phi) is 12.3. The molecule has 72 heavy (non-hydrogen) atoms. The molecular weight excluding hydrogens is 943 g/mol. The third kappa shape index (κ3) is 9.47. The number of benzene rings is 6. The lowest BCUT2D eigenvalue weighted by Crippen LogP contribution is -2.30. The Labute approximate surface area is 405 Å². The number of fused-ring (bicyclic) bond motifs is 2. The van der Waals surface area contributed by atoms with Gasteiger partial charge in [0.2, 0.25) is 0 Å². The number of aryl methyl sites for hydroxylation is 2. The zero-order valence-electron chi connectivity index (χ0n) is 37.7. The van der Waals surface area contributed by atoms with Crippen molar-refractivity contribution in [3.63, 3.8) is 0 Å². The highest BCUT2D eigenvalue weighted by molar-refractivity contribution is 6.22. The summed E-state index contributed by atoms with van der Waals surface area (Å²) in [5.74, 6) is -1.68. The zero-order valence-corrected chi connectivity index (χ0v) is 37.7. The van der Waals surface area contributed by atoms with Crippen LogP contribution in [0.15, 0.2) is 146 Å². The summed E-state index contributed by atoms with van der Waals surface area (Å²) >= 11 is 0. The Hall–Kier alpha value is -8.74. The topological polar surface area (TPSA) is 145 Å². The molecule has 8 aromatic rings. The lowest BCUT2D eigenvalue weighted by Gasteiger charge is -2.14. The number of hydrogen-bond donors (Lipinski definition) is 0. The van der Waals surface area contributed by atoms with Gasteiger partial charge in [-0.3, -0.25) is 29.0 Å². The minimum absolute atomic E-state index is 0.00318. The summed E-state index contributed by atoms with van der Waals surface area (Å²) in [6.45, 7) is 0.458. The average Bonchev–Trinajstić information content (AvgIpc) is 4.15. The first-order valence-electron chi connectivity index (χ1n) is 22.7. The van der Waals surface area contributed by atoms with Crippen LogP contribution in [0.5, 0.6) is 5.75 Å². The lowest BCUT2D eigenvalue weighted by molar-refractivity contribution is -0.274. The summed E-state index contributed by atoms with van der Waals surface area (Å²) < 4.78 is 89.2. The van der Waals surface area contributed by atoms with E-state index in [-0.39, 0.29) is 71.1 Å². The first kappa shape index (κ1) is 47.0. The molecule has 0 unspecified atom stereocenters. The van der Waals surface area contributed by atoms with Crippen LogP contribution >= 0.6 is 0 Å². The molecule has 19 heteroatoms. The molecular formula is C53H38F6N8O5. The number of alkyl halides is 6. The summed E-state index contributed by atoms with van der Waals surface area (Å²) in [5.41, 5.74) is 3.70. The molecule has 0 fully saturated rings. The molecule has 362 valence electrons. The number of halogens is 6. The third-order valence-electron chi connectivity index (χ3n) is 12.3. The van der Waals surface area contributed by atoms with Crippen molar-refractivity contribution in [2.45, 2.75) is 44.6 Å². The predicted octanol–water partition coefficient (Wildman–Crippen LogP) is 10.6. The fourth-order valence-corrected chi connectivity index (χ4v) is 8.79. The zero-order chi connectivity index (χ0) is 50.3. The van der Waals surface area contributed by atoms with E-state index < -0.39 is 23.9 Å². The van der Waals surface area contributed by atoms with E-state index in [9.17, 15) is 45.5 Å². The van der Waals surface area contributed by atoms with E-state index >= 15 is 0 Å². The van der Waals surface area contributed by atoms with Gasteiger partial charge in [-0.05, 0) is 116 Å². The van der Waals surface area contributed by atoms with Gasteiger partial charge in [0.15, 0.2) is 17.5 Å². The molecule has 0 atom stereocenters. The van der Waals surface area contributed by atoms with Crippen molar-refractivity contribution in [1.29, 1.82) is 0 Å². The van der Waals surface area contributed by atoms with Crippen molar-refractivity contribution in [2.75, 3.05) is 13.1 Å². The van der Waals surface area contributed by atoms with Gasteiger partial charge < -0.3 is 4.74 Å². The lowest BCUT2D eigenvalue weighted by atomic mass is 10.1. The number of imide groups is 2. The largest absolute Gasteiger partial charge is 0.573 e.